The Morgan fingerprint density at radius 1 is 0.879 bits per heavy atom. The summed E-state index contributed by atoms with van der Waals surface area (Å²) in [5.41, 5.74) is 5.39. The van der Waals surface area contributed by atoms with Gasteiger partial charge in [-0.1, -0.05) is 66.2 Å². The first kappa shape index (κ1) is 22.4. The molecule has 0 atom stereocenters. The maximum Gasteiger partial charge on any atom is 0.220 e. The van der Waals surface area contributed by atoms with Gasteiger partial charge in [0.05, 0.1) is 17.6 Å². The van der Waals surface area contributed by atoms with Gasteiger partial charge < -0.3 is 5.32 Å². The topological polar surface area (TPSA) is 72.7 Å². The van der Waals surface area contributed by atoms with Crippen molar-refractivity contribution < 1.29 is 4.79 Å². The van der Waals surface area contributed by atoms with E-state index in [4.69, 9.17) is 0 Å². The van der Waals surface area contributed by atoms with Gasteiger partial charge in [-0.15, -0.1) is 5.10 Å². The number of nitrogens with one attached hydrogen (secondary N) is 1. The fourth-order valence-corrected chi connectivity index (χ4v) is 3.79. The van der Waals surface area contributed by atoms with Crippen LogP contribution in [0.3, 0.4) is 0 Å². The van der Waals surface area contributed by atoms with Gasteiger partial charge in [-0.25, -0.2) is 4.68 Å². The van der Waals surface area contributed by atoms with E-state index in [1.807, 2.05) is 59.5 Å². The number of nitrogens with zero attached hydrogens (tertiary/aromatic N) is 4. The van der Waals surface area contributed by atoms with Crippen molar-refractivity contribution in [1.82, 2.24) is 25.3 Å². The van der Waals surface area contributed by atoms with Crippen molar-refractivity contribution in [3.8, 4) is 16.8 Å². The van der Waals surface area contributed by atoms with E-state index in [0.717, 1.165) is 60.2 Å². The van der Waals surface area contributed by atoms with E-state index in [2.05, 4.69) is 44.9 Å². The molecular formula is C27H29N5O. The fraction of sp³-hybridized carbons (Fsp3) is 0.259. The van der Waals surface area contributed by atoms with Crippen molar-refractivity contribution in [2.75, 3.05) is 6.54 Å². The van der Waals surface area contributed by atoms with Crippen molar-refractivity contribution >= 4 is 5.91 Å². The number of rotatable bonds is 11. The summed E-state index contributed by atoms with van der Waals surface area (Å²) in [5, 5.41) is 11.7. The summed E-state index contributed by atoms with van der Waals surface area (Å²) in [4.78, 5) is 16.1. The van der Waals surface area contributed by atoms with Gasteiger partial charge in [0.25, 0.3) is 0 Å². The standard InChI is InChI=1S/C27H29N5O/c33-27(17-16-22-10-9-18-28-20-22)29-19-8-2-5-13-24-21-32(31-30-24)26-15-7-6-14-25(26)23-11-3-1-4-12-23/h1,3-4,6-7,9-12,14-15,18,20-21H,2,5,8,13,16-17,19H2,(H,29,33). The molecule has 1 N–H and O–H groups in total. The Balaban J connectivity index is 1.19. The third-order valence-corrected chi connectivity index (χ3v) is 5.57. The zero-order valence-corrected chi connectivity index (χ0v) is 18.7. The first-order valence-corrected chi connectivity index (χ1v) is 11.5. The molecule has 6 nitrogen and oxygen atoms in total. The van der Waals surface area contributed by atoms with Gasteiger partial charge in [-0.3, -0.25) is 9.78 Å². The fourth-order valence-electron chi connectivity index (χ4n) is 3.79. The van der Waals surface area contributed by atoms with Crippen LogP contribution < -0.4 is 5.32 Å². The molecule has 4 aromatic rings. The maximum absolute atomic E-state index is 12.0. The molecule has 2 heterocycles. The lowest BCUT2D eigenvalue weighted by molar-refractivity contribution is -0.121. The molecule has 33 heavy (non-hydrogen) atoms. The second-order valence-electron chi connectivity index (χ2n) is 8.06. The molecule has 0 unspecified atom stereocenters. The van der Waals surface area contributed by atoms with Crippen LogP contribution in [0.2, 0.25) is 0 Å². The minimum atomic E-state index is 0.0962. The molecule has 0 aliphatic heterocycles. The summed E-state index contributed by atoms with van der Waals surface area (Å²) in [6.07, 6.45) is 10.7. The lowest BCUT2D eigenvalue weighted by atomic mass is 10.0. The average molecular weight is 440 g/mol. The maximum atomic E-state index is 12.0. The van der Waals surface area contributed by atoms with E-state index in [0.29, 0.717) is 13.0 Å². The molecule has 2 aromatic carbocycles. The number of para-hydroxylation sites is 1. The van der Waals surface area contributed by atoms with Crippen LogP contribution in [-0.4, -0.2) is 32.4 Å². The third-order valence-electron chi connectivity index (χ3n) is 5.57. The summed E-state index contributed by atoms with van der Waals surface area (Å²) < 4.78 is 1.86. The van der Waals surface area contributed by atoms with Gasteiger partial charge in [0, 0.05) is 30.9 Å². The van der Waals surface area contributed by atoms with Crippen LogP contribution in [-0.2, 0) is 17.6 Å². The number of pyridine rings is 1. The number of benzene rings is 2. The molecule has 0 radical (unpaired) electrons. The molecule has 4 rings (SSSR count). The highest BCUT2D eigenvalue weighted by atomic mass is 16.1. The van der Waals surface area contributed by atoms with E-state index in [1.54, 1.807) is 6.20 Å². The monoisotopic (exact) mass is 439 g/mol. The summed E-state index contributed by atoms with van der Waals surface area (Å²) in [6, 6.07) is 22.5. The Bertz CT molecular complexity index is 1140. The largest absolute Gasteiger partial charge is 0.356 e. The van der Waals surface area contributed by atoms with Crippen molar-refractivity contribution in [2.45, 2.75) is 38.5 Å². The Morgan fingerprint density at radius 2 is 1.73 bits per heavy atom. The van der Waals surface area contributed by atoms with Crippen LogP contribution in [0.15, 0.2) is 85.3 Å². The van der Waals surface area contributed by atoms with Crippen LogP contribution in [0.5, 0.6) is 0 Å². The van der Waals surface area contributed by atoms with Gasteiger partial charge in [-0.2, -0.15) is 0 Å². The second kappa shape index (κ2) is 11.7. The van der Waals surface area contributed by atoms with E-state index in [1.165, 1.54) is 0 Å². The number of carbonyl (C=O) groups is 1. The smallest absolute Gasteiger partial charge is 0.220 e. The Labute approximate surface area is 194 Å². The van der Waals surface area contributed by atoms with Crippen LogP contribution in [0.1, 0.15) is 36.9 Å². The zero-order chi connectivity index (χ0) is 22.7. The predicted octanol–water partition coefficient (Wildman–Crippen LogP) is 4.79. The minimum absolute atomic E-state index is 0.0962. The van der Waals surface area contributed by atoms with Gasteiger partial charge in [-0.05, 0) is 48.9 Å². The lowest BCUT2D eigenvalue weighted by Crippen LogP contribution is -2.24. The summed E-state index contributed by atoms with van der Waals surface area (Å²) in [6.45, 7) is 0.711. The zero-order valence-electron chi connectivity index (χ0n) is 18.7. The Hall–Kier alpha value is -3.80. The van der Waals surface area contributed by atoms with Gasteiger partial charge in [0.1, 0.15) is 0 Å². The lowest BCUT2D eigenvalue weighted by Gasteiger charge is -2.08. The third kappa shape index (κ3) is 6.59. The van der Waals surface area contributed by atoms with Crippen molar-refractivity contribution in [2.24, 2.45) is 0 Å². The second-order valence-corrected chi connectivity index (χ2v) is 8.06. The van der Waals surface area contributed by atoms with Gasteiger partial charge >= 0.3 is 0 Å². The number of amides is 1. The normalized spacial score (nSPS) is 10.8. The van der Waals surface area contributed by atoms with Crippen LogP contribution >= 0.6 is 0 Å². The highest BCUT2D eigenvalue weighted by Gasteiger charge is 2.09. The molecule has 168 valence electrons. The van der Waals surface area contributed by atoms with Crippen molar-refractivity contribution in [3.05, 3.63) is 96.6 Å². The van der Waals surface area contributed by atoms with Gasteiger partial charge in [0.15, 0.2) is 0 Å². The van der Waals surface area contributed by atoms with Crippen LogP contribution in [0, 0.1) is 0 Å². The van der Waals surface area contributed by atoms with Crippen LogP contribution in [0.4, 0.5) is 0 Å². The van der Waals surface area contributed by atoms with E-state index < -0.39 is 0 Å². The molecular weight excluding hydrogens is 410 g/mol. The molecule has 0 aliphatic carbocycles. The molecule has 1 amide bonds. The van der Waals surface area contributed by atoms with E-state index in [-0.39, 0.29) is 5.91 Å². The highest BCUT2D eigenvalue weighted by molar-refractivity contribution is 5.76. The average Bonchev–Trinajstić information content (AvgIpc) is 3.35. The molecule has 0 spiro atoms. The molecule has 0 aliphatic rings. The number of unbranched alkanes of at least 4 members (excludes halogenated alkanes) is 2. The quantitative estimate of drug-likeness (QED) is 0.341. The van der Waals surface area contributed by atoms with Crippen molar-refractivity contribution in [3.63, 3.8) is 0 Å². The van der Waals surface area contributed by atoms with E-state index >= 15 is 0 Å². The first-order chi connectivity index (χ1) is 16.3. The summed E-state index contributed by atoms with van der Waals surface area (Å²) >= 11 is 0. The minimum Gasteiger partial charge on any atom is -0.356 e. The molecule has 6 heteroatoms. The van der Waals surface area contributed by atoms with Crippen LogP contribution in [0.25, 0.3) is 16.8 Å². The Morgan fingerprint density at radius 3 is 2.58 bits per heavy atom. The number of hydrogen-bond acceptors (Lipinski definition) is 4. The summed E-state index contributed by atoms with van der Waals surface area (Å²) in [7, 11) is 0. The summed E-state index contributed by atoms with van der Waals surface area (Å²) in [5.74, 6) is 0.0962. The van der Waals surface area contributed by atoms with Gasteiger partial charge in [0.2, 0.25) is 5.91 Å². The van der Waals surface area contributed by atoms with E-state index in [9.17, 15) is 4.79 Å². The number of hydrogen-bond donors (Lipinski definition) is 1. The SMILES string of the molecule is O=C(CCc1cccnc1)NCCCCCc1cn(-c2ccccc2-c2ccccc2)nn1. The predicted molar refractivity (Wildman–Crippen MR) is 130 cm³/mol. The molecule has 2 aromatic heterocycles. The molecule has 0 saturated heterocycles. The number of carbonyl (C=O) groups excluding carboxylic acids is 1. The first-order valence-electron chi connectivity index (χ1n) is 11.5. The number of aromatic nitrogens is 4. The highest BCUT2D eigenvalue weighted by Crippen LogP contribution is 2.26. The molecule has 0 saturated carbocycles. The number of aryl methyl sites for hydroxylation is 2. The Kier molecular flexibility index (Phi) is 7.95. The molecule has 0 fully saturated rings. The van der Waals surface area contributed by atoms with Crippen molar-refractivity contribution in [1.29, 1.82) is 0 Å². The molecule has 0 bridgehead atoms.